The zero-order valence-corrected chi connectivity index (χ0v) is 9.20. The molecule has 0 unspecified atom stereocenters. The lowest BCUT2D eigenvalue weighted by Crippen LogP contribution is -1.92. The Kier molecular flexibility index (Phi) is 2.97. The molecule has 0 saturated heterocycles. The van der Waals surface area contributed by atoms with E-state index in [1.54, 1.807) is 6.33 Å². The van der Waals surface area contributed by atoms with Crippen molar-refractivity contribution in [3.05, 3.63) is 47.5 Å². The Morgan fingerprint density at radius 1 is 1.20 bits per heavy atom. The largest absolute Gasteiger partial charge is 0.244 e. The van der Waals surface area contributed by atoms with Gasteiger partial charge in [0.1, 0.15) is 6.33 Å². The van der Waals surface area contributed by atoms with Gasteiger partial charge in [-0.25, -0.2) is 9.97 Å². The molecule has 0 aliphatic carbocycles. The van der Waals surface area contributed by atoms with E-state index in [1.807, 2.05) is 30.5 Å². The summed E-state index contributed by atoms with van der Waals surface area (Å²) in [5, 5.41) is 0.744. The highest BCUT2D eigenvalue weighted by atomic mass is 35.5. The summed E-state index contributed by atoms with van der Waals surface area (Å²) in [6.45, 7) is 2.09. The second kappa shape index (κ2) is 4.41. The standard InChI is InChI=1S/C12H11ClN2/c1-2-12-11(7-14-8-15-12)9-3-5-10(13)6-4-9/h3-8H,2H2,1H3. The summed E-state index contributed by atoms with van der Waals surface area (Å²) in [6, 6.07) is 7.73. The normalized spacial score (nSPS) is 10.3. The van der Waals surface area contributed by atoms with Crippen LogP contribution >= 0.6 is 11.6 Å². The summed E-state index contributed by atoms with van der Waals surface area (Å²) < 4.78 is 0. The van der Waals surface area contributed by atoms with Crippen LogP contribution in [0.25, 0.3) is 11.1 Å². The smallest absolute Gasteiger partial charge is 0.115 e. The van der Waals surface area contributed by atoms with Gasteiger partial charge in [-0.15, -0.1) is 0 Å². The van der Waals surface area contributed by atoms with Crippen LogP contribution in [0.2, 0.25) is 5.02 Å². The molecule has 1 aromatic carbocycles. The molecule has 0 N–H and O–H groups in total. The average molecular weight is 219 g/mol. The third kappa shape index (κ3) is 2.16. The molecule has 0 aliphatic heterocycles. The van der Waals surface area contributed by atoms with E-state index in [1.165, 1.54) is 0 Å². The minimum absolute atomic E-state index is 0.744. The van der Waals surface area contributed by atoms with E-state index in [2.05, 4.69) is 16.9 Å². The number of nitrogens with zero attached hydrogens (tertiary/aromatic N) is 2. The van der Waals surface area contributed by atoms with E-state index < -0.39 is 0 Å². The van der Waals surface area contributed by atoms with Gasteiger partial charge in [0.25, 0.3) is 0 Å². The summed E-state index contributed by atoms with van der Waals surface area (Å²) in [4.78, 5) is 8.30. The average Bonchev–Trinajstić information content (AvgIpc) is 2.30. The number of aryl methyl sites for hydroxylation is 1. The lowest BCUT2D eigenvalue weighted by Gasteiger charge is -2.05. The second-order valence-electron chi connectivity index (χ2n) is 3.24. The molecule has 76 valence electrons. The first kappa shape index (κ1) is 10.1. The highest BCUT2D eigenvalue weighted by Gasteiger charge is 2.04. The number of hydrogen-bond donors (Lipinski definition) is 0. The van der Waals surface area contributed by atoms with E-state index in [0.29, 0.717) is 0 Å². The van der Waals surface area contributed by atoms with Gasteiger partial charge in [-0.3, -0.25) is 0 Å². The number of hydrogen-bond acceptors (Lipinski definition) is 2. The molecule has 0 fully saturated rings. The van der Waals surface area contributed by atoms with Gasteiger partial charge in [0.15, 0.2) is 0 Å². The van der Waals surface area contributed by atoms with Crippen LogP contribution < -0.4 is 0 Å². The quantitative estimate of drug-likeness (QED) is 0.773. The monoisotopic (exact) mass is 218 g/mol. The van der Waals surface area contributed by atoms with Crippen LogP contribution in [0.15, 0.2) is 36.8 Å². The van der Waals surface area contributed by atoms with Gasteiger partial charge in [0.05, 0.1) is 5.69 Å². The van der Waals surface area contributed by atoms with Crippen molar-refractivity contribution in [3.63, 3.8) is 0 Å². The van der Waals surface area contributed by atoms with E-state index in [-0.39, 0.29) is 0 Å². The molecule has 1 aromatic heterocycles. The van der Waals surface area contributed by atoms with Gasteiger partial charge in [-0.2, -0.15) is 0 Å². The molecule has 0 bridgehead atoms. The predicted molar refractivity (Wildman–Crippen MR) is 61.9 cm³/mol. The van der Waals surface area contributed by atoms with E-state index in [9.17, 15) is 0 Å². The highest BCUT2D eigenvalue weighted by molar-refractivity contribution is 6.30. The topological polar surface area (TPSA) is 25.8 Å². The van der Waals surface area contributed by atoms with E-state index >= 15 is 0 Å². The van der Waals surface area contributed by atoms with Gasteiger partial charge in [-0.1, -0.05) is 30.7 Å². The molecule has 0 amide bonds. The van der Waals surface area contributed by atoms with Gasteiger partial charge in [0.2, 0.25) is 0 Å². The third-order valence-electron chi connectivity index (χ3n) is 2.28. The molecule has 2 nitrogen and oxygen atoms in total. The van der Waals surface area contributed by atoms with Gasteiger partial charge in [-0.05, 0) is 24.1 Å². The minimum atomic E-state index is 0.744. The van der Waals surface area contributed by atoms with Crippen molar-refractivity contribution in [1.29, 1.82) is 0 Å². The minimum Gasteiger partial charge on any atom is -0.244 e. The van der Waals surface area contributed by atoms with Gasteiger partial charge >= 0.3 is 0 Å². The maximum Gasteiger partial charge on any atom is 0.115 e. The zero-order chi connectivity index (χ0) is 10.7. The Hall–Kier alpha value is -1.41. The van der Waals surface area contributed by atoms with E-state index in [4.69, 9.17) is 11.6 Å². The van der Waals surface area contributed by atoms with Crippen molar-refractivity contribution >= 4 is 11.6 Å². The van der Waals surface area contributed by atoms with Crippen LogP contribution in [0, 0.1) is 0 Å². The first-order chi connectivity index (χ1) is 7.31. The Morgan fingerprint density at radius 3 is 2.60 bits per heavy atom. The number of halogens is 1. The van der Waals surface area contributed by atoms with Crippen molar-refractivity contribution in [3.8, 4) is 11.1 Å². The van der Waals surface area contributed by atoms with Crippen molar-refractivity contribution < 1.29 is 0 Å². The fourth-order valence-corrected chi connectivity index (χ4v) is 1.63. The summed E-state index contributed by atoms with van der Waals surface area (Å²) >= 11 is 5.84. The Morgan fingerprint density at radius 2 is 1.93 bits per heavy atom. The van der Waals surface area contributed by atoms with Crippen molar-refractivity contribution in [2.45, 2.75) is 13.3 Å². The van der Waals surface area contributed by atoms with Crippen LogP contribution in [0.5, 0.6) is 0 Å². The molecular weight excluding hydrogens is 208 g/mol. The maximum absolute atomic E-state index is 5.84. The van der Waals surface area contributed by atoms with Crippen LogP contribution in [-0.2, 0) is 6.42 Å². The molecule has 1 heterocycles. The van der Waals surface area contributed by atoms with Crippen LogP contribution in [0.3, 0.4) is 0 Å². The summed E-state index contributed by atoms with van der Waals surface area (Å²) in [5.41, 5.74) is 3.25. The summed E-state index contributed by atoms with van der Waals surface area (Å²) in [5.74, 6) is 0. The molecule has 3 heteroatoms. The molecular formula is C12H11ClN2. The first-order valence-corrected chi connectivity index (χ1v) is 5.24. The molecule has 15 heavy (non-hydrogen) atoms. The Labute approximate surface area is 94.0 Å². The fourth-order valence-electron chi connectivity index (χ4n) is 1.51. The highest BCUT2D eigenvalue weighted by Crippen LogP contribution is 2.23. The van der Waals surface area contributed by atoms with Crippen molar-refractivity contribution in [2.75, 3.05) is 0 Å². The van der Waals surface area contributed by atoms with Crippen LogP contribution in [0.4, 0.5) is 0 Å². The molecule has 0 saturated carbocycles. The van der Waals surface area contributed by atoms with Crippen LogP contribution in [0.1, 0.15) is 12.6 Å². The first-order valence-electron chi connectivity index (χ1n) is 4.86. The van der Waals surface area contributed by atoms with Gasteiger partial charge < -0.3 is 0 Å². The third-order valence-corrected chi connectivity index (χ3v) is 2.54. The van der Waals surface area contributed by atoms with Gasteiger partial charge in [0, 0.05) is 16.8 Å². The SMILES string of the molecule is CCc1ncncc1-c1ccc(Cl)cc1. The lowest BCUT2D eigenvalue weighted by molar-refractivity contribution is 1.00. The van der Waals surface area contributed by atoms with E-state index in [0.717, 1.165) is 28.3 Å². The predicted octanol–water partition coefficient (Wildman–Crippen LogP) is 3.36. The van der Waals surface area contributed by atoms with Crippen LogP contribution in [-0.4, -0.2) is 9.97 Å². The summed E-state index contributed by atoms with van der Waals surface area (Å²) in [7, 11) is 0. The summed E-state index contributed by atoms with van der Waals surface area (Å²) in [6.07, 6.45) is 4.33. The molecule has 2 rings (SSSR count). The molecule has 0 aliphatic rings. The number of aromatic nitrogens is 2. The Bertz CT molecular complexity index is 451. The number of rotatable bonds is 2. The molecule has 0 atom stereocenters. The molecule has 0 radical (unpaired) electrons. The molecule has 2 aromatic rings. The zero-order valence-electron chi connectivity index (χ0n) is 8.44. The fraction of sp³-hybridized carbons (Fsp3) is 0.167. The second-order valence-corrected chi connectivity index (χ2v) is 3.68. The lowest BCUT2D eigenvalue weighted by atomic mass is 10.0. The number of benzene rings is 1. The van der Waals surface area contributed by atoms with Crippen molar-refractivity contribution in [1.82, 2.24) is 9.97 Å². The Balaban J connectivity index is 2.49. The maximum atomic E-state index is 5.84. The van der Waals surface area contributed by atoms with Crippen molar-refractivity contribution in [2.24, 2.45) is 0 Å². The molecule has 0 spiro atoms.